The van der Waals surface area contributed by atoms with Crippen LogP contribution in [0.15, 0.2) is 18.3 Å². The van der Waals surface area contributed by atoms with Crippen LogP contribution >= 0.6 is 0 Å². The number of hydrogen-bond acceptors (Lipinski definition) is 3. The van der Waals surface area contributed by atoms with Gasteiger partial charge in [-0.15, -0.1) is 0 Å². The molecule has 0 radical (unpaired) electrons. The molecule has 0 bridgehead atoms. The van der Waals surface area contributed by atoms with E-state index >= 15 is 0 Å². The molecule has 2 rings (SSSR count). The van der Waals surface area contributed by atoms with E-state index in [9.17, 15) is 0 Å². The van der Waals surface area contributed by atoms with Crippen molar-refractivity contribution in [3.63, 3.8) is 0 Å². The summed E-state index contributed by atoms with van der Waals surface area (Å²) in [6.45, 7) is 12.4. The van der Waals surface area contributed by atoms with Crippen molar-refractivity contribution in [3.8, 4) is 0 Å². The van der Waals surface area contributed by atoms with Gasteiger partial charge >= 0.3 is 0 Å². The van der Waals surface area contributed by atoms with E-state index in [1.807, 2.05) is 12.3 Å². The van der Waals surface area contributed by atoms with Crippen molar-refractivity contribution < 1.29 is 0 Å². The van der Waals surface area contributed by atoms with Crippen LogP contribution in [0.2, 0.25) is 0 Å². The topological polar surface area (TPSA) is 28.2 Å². The number of piperidine rings is 1. The lowest BCUT2D eigenvalue weighted by Crippen LogP contribution is -2.39. The highest BCUT2D eigenvalue weighted by Gasteiger charge is 2.29. The molecule has 0 saturated carbocycles. The number of nitrogens with one attached hydrogen (secondary N) is 1. The third-order valence-corrected chi connectivity index (χ3v) is 4.92. The van der Waals surface area contributed by atoms with Gasteiger partial charge in [-0.3, -0.25) is 0 Å². The fraction of sp³-hybridized carbons (Fsp3) is 0.706. The van der Waals surface area contributed by atoms with E-state index in [-0.39, 0.29) is 0 Å². The Bertz CT molecular complexity index is 422. The molecule has 2 heterocycles. The highest BCUT2D eigenvalue weighted by atomic mass is 15.2. The van der Waals surface area contributed by atoms with Gasteiger partial charge in [0, 0.05) is 30.9 Å². The molecule has 0 amide bonds. The lowest BCUT2D eigenvalue weighted by molar-refractivity contribution is 0.237. The molecular weight excluding hydrogens is 246 g/mol. The first-order valence-corrected chi connectivity index (χ1v) is 8.03. The number of pyridine rings is 1. The molecule has 3 heteroatoms. The summed E-state index contributed by atoms with van der Waals surface area (Å²) in [4.78, 5) is 7.14. The van der Waals surface area contributed by atoms with E-state index < -0.39 is 0 Å². The Morgan fingerprint density at radius 2 is 2.05 bits per heavy atom. The number of hydrogen-bond donors (Lipinski definition) is 1. The van der Waals surface area contributed by atoms with Gasteiger partial charge in [0.05, 0.1) is 0 Å². The van der Waals surface area contributed by atoms with Crippen molar-refractivity contribution in [2.45, 2.75) is 53.0 Å². The Labute approximate surface area is 123 Å². The van der Waals surface area contributed by atoms with E-state index in [0.29, 0.717) is 11.5 Å². The zero-order valence-electron chi connectivity index (χ0n) is 13.4. The summed E-state index contributed by atoms with van der Waals surface area (Å²) in [5, 5.41) is 3.50. The van der Waals surface area contributed by atoms with E-state index in [1.165, 1.54) is 30.6 Å². The van der Waals surface area contributed by atoms with Gasteiger partial charge in [0.2, 0.25) is 0 Å². The summed E-state index contributed by atoms with van der Waals surface area (Å²) < 4.78 is 0. The predicted molar refractivity (Wildman–Crippen MR) is 86.2 cm³/mol. The summed E-state index contributed by atoms with van der Waals surface area (Å²) >= 11 is 0. The summed E-state index contributed by atoms with van der Waals surface area (Å²) in [6, 6.07) is 4.62. The second kappa shape index (κ2) is 6.57. The molecule has 20 heavy (non-hydrogen) atoms. The maximum atomic E-state index is 4.67. The van der Waals surface area contributed by atoms with Crippen LogP contribution < -0.4 is 10.2 Å². The van der Waals surface area contributed by atoms with Crippen molar-refractivity contribution in [2.75, 3.05) is 24.5 Å². The third kappa shape index (κ3) is 3.32. The third-order valence-electron chi connectivity index (χ3n) is 4.92. The average molecular weight is 275 g/mol. The van der Waals surface area contributed by atoms with Crippen LogP contribution in [-0.2, 0) is 0 Å². The predicted octanol–water partition coefficient (Wildman–Crippen LogP) is 3.77. The Kier molecular flexibility index (Phi) is 5.03. The molecule has 3 nitrogen and oxygen atoms in total. The Morgan fingerprint density at radius 3 is 2.65 bits per heavy atom. The van der Waals surface area contributed by atoms with Gasteiger partial charge in [-0.25, -0.2) is 4.98 Å². The lowest BCUT2D eigenvalue weighted by atomic mass is 9.78. The minimum atomic E-state index is 0.364. The lowest BCUT2D eigenvalue weighted by Gasteiger charge is -2.40. The van der Waals surface area contributed by atoms with Crippen molar-refractivity contribution in [3.05, 3.63) is 23.9 Å². The molecule has 1 aliphatic rings. The molecular formula is C17H29N3. The summed E-state index contributed by atoms with van der Waals surface area (Å²) in [6.07, 6.45) is 5.75. The number of nitrogens with zero attached hydrogens (tertiary/aromatic N) is 2. The molecule has 0 spiro atoms. The van der Waals surface area contributed by atoms with E-state index in [0.717, 1.165) is 19.6 Å². The van der Waals surface area contributed by atoms with Crippen LogP contribution in [0.4, 0.5) is 5.82 Å². The minimum absolute atomic E-state index is 0.364. The Balaban J connectivity index is 2.14. The number of anilines is 1. The Hall–Kier alpha value is -1.09. The molecule has 1 unspecified atom stereocenters. The monoisotopic (exact) mass is 275 g/mol. The highest BCUT2D eigenvalue weighted by Crippen LogP contribution is 2.36. The zero-order chi connectivity index (χ0) is 14.6. The quantitative estimate of drug-likeness (QED) is 0.886. The second-order valence-corrected chi connectivity index (χ2v) is 6.35. The normalized spacial score (nSPS) is 19.9. The van der Waals surface area contributed by atoms with Gasteiger partial charge in [-0.05, 0) is 37.8 Å². The van der Waals surface area contributed by atoms with E-state index in [2.05, 4.69) is 49.0 Å². The van der Waals surface area contributed by atoms with Crippen LogP contribution in [0, 0.1) is 5.41 Å². The van der Waals surface area contributed by atoms with Crippen molar-refractivity contribution in [1.29, 1.82) is 0 Å². The standard InChI is InChI=1S/C17H29N3/c1-5-17(4)9-12-20(13-10-17)16-15(8-7-11-19-16)14(3)18-6-2/h7-8,11,14,18H,5-6,9-10,12-13H2,1-4H3. The second-order valence-electron chi connectivity index (χ2n) is 6.35. The molecule has 112 valence electrons. The zero-order valence-corrected chi connectivity index (χ0v) is 13.4. The van der Waals surface area contributed by atoms with Crippen molar-refractivity contribution >= 4 is 5.82 Å². The van der Waals surface area contributed by atoms with Crippen molar-refractivity contribution in [2.24, 2.45) is 5.41 Å². The first-order chi connectivity index (χ1) is 9.59. The fourth-order valence-electron chi connectivity index (χ4n) is 3.04. The van der Waals surface area contributed by atoms with Gasteiger partial charge in [-0.2, -0.15) is 0 Å². The molecule has 1 N–H and O–H groups in total. The molecule has 1 atom stereocenters. The van der Waals surface area contributed by atoms with Gasteiger partial charge in [0.1, 0.15) is 5.82 Å². The van der Waals surface area contributed by atoms with Crippen molar-refractivity contribution in [1.82, 2.24) is 10.3 Å². The first-order valence-electron chi connectivity index (χ1n) is 8.03. The van der Waals surface area contributed by atoms with Gasteiger partial charge in [0.15, 0.2) is 0 Å². The summed E-state index contributed by atoms with van der Waals surface area (Å²) in [5.41, 5.74) is 1.85. The van der Waals surface area contributed by atoms with E-state index in [1.54, 1.807) is 0 Å². The fourth-order valence-corrected chi connectivity index (χ4v) is 3.04. The van der Waals surface area contributed by atoms with Crippen LogP contribution in [0.3, 0.4) is 0 Å². The smallest absolute Gasteiger partial charge is 0.133 e. The average Bonchev–Trinajstić information content (AvgIpc) is 2.48. The molecule has 0 aliphatic carbocycles. The molecule has 1 fully saturated rings. The molecule has 1 saturated heterocycles. The number of aromatic nitrogens is 1. The highest BCUT2D eigenvalue weighted by molar-refractivity contribution is 5.48. The van der Waals surface area contributed by atoms with Gasteiger partial charge < -0.3 is 10.2 Å². The number of rotatable bonds is 5. The van der Waals surface area contributed by atoms with Crippen LogP contribution in [0.5, 0.6) is 0 Å². The molecule has 1 aromatic rings. The SMILES string of the molecule is CCNC(C)c1cccnc1N1CCC(C)(CC)CC1. The molecule has 1 aliphatic heterocycles. The van der Waals surface area contributed by atoms with Crippen LogP contribution in [-0.4, -0.2) is 24.6 Å². The molecule has 1 aromatic heterocycles. The first kappa shape index (κ1) is 15.3. The van der Waals surface area contributed by atoms with Gasteiger partial charge in [-0.1, -0.05) is 33.3 Å². The van der Waals surface area contributed by atoms with Crippen LogP contribution in [0.1, 0.15) is 58.6 Å². The van der Waals surface area contributed by atoms with Crippen LogP contribution in [0.25, 0.3) is 0 Å². The van der Waals surface area contributed by atoms with E-state index in [4.69, 9.17) is 0 Å². The summed E-state index contributed by atoms with van der Waals surface area (Å²) in [7, 11) is 0. The summed E-state index contributed by atoms with van der Waals surface area (Å²) in [5.74, 6) is 1.18. The maximum absolute atomic E-state index is 4.67. The largest absolute Gasteiger partial charge is 0.356 e. The van der Waals surface area contributed by atoms with Gasteiger partial charge in [0.25, 0.3) is 0 Å². The molecule has 0 aromatic carbocycles. The maximum Gasteiger partial charge on any atom is 0.133 e. The minimum Gasteiger partial charge on any atom is -0.356 e. The Morgan fingerprint density at radius 1 is 1.35 bits per heavy atom.